The van der Waals surface area contributed by atoms with Crippen LogP contribution in [0.4, 0.5) is 0 Å². The Bertz CT molecular complexity index is 297. The fraction of sp³-hybridized carbons (Fsp3) is 0.500. The van der Waals surface area contributed by atoms with Crippen molar-refractivity contribution in [2.24, 2.45) is 0 Å². The van der Waals surface area contributed by atoms with Gasteiger partial charge in [-0.05, 0) is 18.6 Å². The fourth-order valence-electron chi connectivity index (χ4n) is 1.33. The van der Waals surface area contributed by atoms with Crippen LogP contribution in [0.15, 0.2) is 24.4 Å². The summed E-state index contributed by atoms with van der Waals surface area (Å²) in [6.07, 6.45) is 5.29. The zero-order chi connectivity index (χ0) is 11.6. The fourth-order valence-corrected chi connectivity index (χ4v) is 1.33. The summed E-state index contributed by atoms with van der Waals surface area (Å²) in [6.45, 7) is 3.63. The quantitative estimate of drug-likeness (QED) is 0.390. The maximum absolute atomic E-state index is 7.62. The summed E-state index contributed by atoms with van der Waals surface area (Å²) in [6, 6.07) is 5.78. The molecule has 0 radical (unpaired) electrons. The van der Waals surface area contributed by atoms with Gasteiger partial charge in [0.25, 0.3) is 0 Å². The van der Waals surface area contributed by atoms with E-state index in [0.29, 0.717) is 12.5 Å². The van der Waals surface area contributed by atoms with Gasteiger partial charge in [-0.1, -0.05) is 25.8 Å². The number of rotatable bonds is 6. The Labute approximate surface area is 97.0 Å². The van der Waals surface area contributed by atoms with E-state index in [4.69, 9.17) is 5.41 Å². The zero-order valence-corrected chi connectivity index (χ0v) is 9.79. The molecule has 1 aromatic rings. The molecule has 0 atom stereocenters. The van der Waals surface area contributed by atoms with Gasteiger partial charge in [0.15, 0.2) is 5.96 Å². The van der Waals surface area contributed by atoms with Crippen LogP contribution in [0.2, 0.25) is 0 Å². The van der Waals surface area contributed by atoms with E-state index in [0.717, 1.165) is 18.7 Å². The van der Waals surface area contributed by atoms with Gasteiger partial charge in [0, 0.05) is 12.7 Å². The SMILES string of the molecule is CCCCCNC(=N)NCc1ccccn1. The molecule has 0 spiro atoms. The first kappa shape index (κ1) is 12.5. The van der Waals surface area contributed by atoms with E-state index in [1.165, 1.54) is 12.8 Å². The minimum absolute atomic E-state index is 0.377. The van der Waals surface area contributed by atoms with Gasteiger partial charge in [0.05, 0.1) is 12.2 Å². The lowest BCUT2D eigenvalue weighted by Gasteiger charge is -2.09. The summed E-state index contributed by atoms with van der Waals surface area (Å²) in [5.41, 5.74) is 0.947. The van der Waals surface area contributed by atoms with Crippen LogP contribution in [0.25, 0.3) is 0 Å². The Hall–Kier alpha value is -1.58. The molecule has 0 saturated carbocycles. The highest BCUT2D eigenvalue weighted by atomic mass is 15.1. The van der Waals surface area contributed by atoms with Gasteiger partial charge in [-0.3, -0.25) is 10.4 Å². The molecule has 0 bridgehead atoms. The molecule has 0 unspecified atom stereocenters. The molecule has 1 aromatic heterocycles. The number of nitrogens with one attached hydrogen (secondary N) is 3. The maximum atomic E-state index is 7.62. The lowest BCUT2D eigenvalue weighted by Crippen LogP contribution is -2.36. The second-order valence-electron chi connectivity index (χ2n) is 3.68. The van der Waals surface area contributed by atoms with E-state index in [-0.39, 0.29) is 0 Å². The number of aromatic nitrogens is 1. The highest BCUT2D eigenvalue weighted by molar-refractivity contribution is 5.76. The lowest BCUT2D eigenvalue weighted by molar-refractivity contribution is 0.680. The largest absolute Gasteiger partial charge is 0.357 e. The van der Waals surface area contributed by atoms with Gasteiger partial charge >= 0.3 is 0 Å². The van der Waals surface area contributed by atoms with Crippen molar-refractivity contribution in [3.05, 3.63) is 30.1 Å². The summed E-state index contributed by atoms with van der Waals surface area (Å²) in [5.74, 6) is 0.377. The molecule has 1 heterocycles. The van der Waals surface area contributed by atoms with Crippen LogP contribution in [-0.2, 0) is 6.54 Å². The molecule has 0 aliphatic rings. The third kappa shape index (κ3) is 5.34. The van der Waals surface area contributed by atoms with Gasteiger partial charge < -0.3 is 10.6 Å². The average Bonchev–Trinajstić information content (AvgIpc) is 2.33. The third-order valence-corrected chi connectivity index (χ3v) is 2.25. The van der Waals surface area contributed by atoms with Crippen LogP contribution in [-0.4, -0.2) is 17.5 Å². The number of nitrogens with zero attached hydrogens (tertiary/aromatic N) is 1. The van der Waals surface area contributed by atoms with Gasteiger partial charge in [0.1, 0.15) is 0 Å². The summed E-state index contributed by atoms with van der Waals surface area (Å²) < 4.78 is 0. The van der Waals surface area contributed by atoms with Crippen molar-refractivity contribution in [2.45, 2.75) is 32.7 Å². The summed E-state index contributed by atoms with van der Waals surface area (Å²) in [5, 5.41) is 13.6. The molecule has 0 amide bonds. The van der Waals surface area contributed by atoms with E-state index >= 15 is 0 Å². The number of hydrogen-bond donors (Lipinski definition) is 3. The van der Waals surface area contributed by atoms with Crippen LogP contribution in [0.1, 0.15) is 31.9 Å². The van der Waals surface area contributed by atoms with Gasteiger partial charge in [0.2, 0.25) is 0 Å². The summed E-state index contributed by atoms with van der Waals surface area (Å²) in [4.78, 5) is 4.17. The number of guanidine groups is 1. The Morgan fingerprint density at radius 3 is 2.88 bits per heavy atom. The molecule has 16 heavy (non-hydrogen) atoms. The number of unbranched alkanes of at least 4 members (excludes halogenated alkanes) is 2. The Morgan fingerprint density at radius 1 is 1.31 bits per heavy atom. The monoisotopic (exact) mass is 220 g/mol. The first-order chi connectivity index (χ1) is 7.83. The minimum Gasteiger partial charge on any atom is -0.357 e. The van der Waals surface area contributed by atoms with E-state index < -0.39 is 0 Å². The van der Waals surface area contributed by atoms with E-state index in [2.05, 4.69) is 22.5 Å². The molecule has 4 heteroatoms. The third-order valence-electron chi connectivity index (χ3n) is 2.25. The maximum Gasteiger partial charge on any atom is 0.188 e. The molecule has 0 fully saturated rings. The van der Waals surface area contributed by atoms with Crippen LogP contribution in [0.3, 0.4) is 0 Å². The smallest absolute Gasteiger partial charge is 0.188 e. The molecule has 4 nitrogen and oxygen atoms in total. The van der Waals surface area contributed by atoms with E-state index in [1.807, 2.05) is 18.2 Å². The topological polar surface area (TPSA) is 60.8 Å². The van der Waals surface area contributed by atoms with Crippen molar-refractivity contribution in [3.8, 4) is 0 Å². The van der Waals surface area contributed by atoms with E-state index in [9.17, 15) is 0 Å². The molecule has 1 rings (SSSR count). The highest BCUT2D eigenvalue weighted by Crippen LogP contribution is 1.92. The van der Waals surface area contributed by atoms with Gasteiger partial charge in [-0.2, -0.15) is 0 Å². The number of pyridine rings is 1. The van der Waals surface area contributed by atoms with Crippen LogP contribution in [0, 0.1) is 5.41 Å². The standard InChI is InChI=1S/C12H20N4/c1-2-3-5-9-15-12(13)16-10-11-7-4-6-8-14-11/h4,6-8H,2-3,5,9-10H2,1H3,(H3,13,15,16). The van der Waals surface area contributed by atoms with Crippen molar-refractivity contribution >= 4 is 5.96 Å². The molecule has 0 aliphatic carbocycles. The molecule has 3 N–H and O–H groups in total. The first-order valence-corrected chi connectivity index (χ1v) is 5.79. The van der Waals surface area contributed by atoms with Crippen LogP contribution >= 0.6 is 0 Å². The van der Waals surface area contributed by atoms with Gasteiger partial charge in [-0.15, -0.1) is 0 Å². The molecule has 0 aromatic carbocycles. The summed E-state index contributed by atoms with van der Waals surface area (Å²) in [7, 11) is 0. The zero-order valence-electron chi connectivity index (χ0n) is 9.79. The molecule has 0 saturated heterocycles. The second-order valence-corrected chi connectivity index (χ2v) is 3.68. The van der Waals surface area contributed by atoms with Gasteiger partial charge in [-0.25, -0.2) is 0 Å². The van der Waals surface area contributed by atoms with Crippen molar-refractivity contribution in [1.29, 1.82) is 5.41 Å². The minimum atomic E-state index is 0.377. The average molecular weight is 220 g/mol. The Morgan fingerprint density at radius 2 is 2.19 bits per heavy atom. The molecule has 0 aliphatic heterocycles. The Kier molecular flexibility index (Phi) is 5.99. The second kappa shape index (κ2) is 7.68. The Balaban J connectivity index is 2.11. The first-order valence-electron chi connectivity index (χ1n) is 5.79. The van der Waals surface area contributed by atoms with Crippen LogP contribution in [0.5, 0.6) is 0 Å². The van der Waals surface area contributed by atoms with Crippen molar-refractivity contribution < 1.29 is 0 Å². The number of hydrogen-bond acceptors (Lipinski definition) is 2. The van der Waals surface area contributed by atoms with Crippen LogP contribution < -0.4 is 10.6 Å². The molecule has 88 valence electrons. The van der Waals surface area contributed by atoms with Crippen molar-refractivity contribution in [2.75, 3.05) is 6.54 Å². The predicted molar refractivity (Wildman–Crippen MR) is 66.3 cm³/mol. The molecular weight excluding hydrogens is 200 g/mol. The predicted octanol–water partition coefficient (Wildman–Crippen LogP) is 1.89. The van der Waals surface area contributed by atoms with Crippen molar-refractivity contribution in [1.82, 2.24) is 15.6 Å². The van der Waals surface area contributed by atoms with Crippen molar-refractivity contribution in [3.63, 3.8) is 0 Å². The van der Waals surface area contributed by atoms with E-state index in [1.54, 1.807) is 6.20 Å². The normalized spacial score (nSPS) is 9.81. The lowest BCUT2D eigenvalue weighted by atomic mass is 10.2. The molecular formula is C12H20N4. The highest BCUT2D eigenvalue weighted by Gasteiger charge is 1.96. The summed E-state index contributed by atoms with van der Waals surface area (Å²) >= 11 is 0.